The van der Waals surface area contributed by atoms with Crippen molar-refractivity contribution < 1.29 is 30.8 Å². The van der Waals surface area contributed by atoms with Gasteiger partial charge < -0.3 is 16.4 Å². The predicted molar refractivity (Wildman–Crippen MR) is 156 cm³/mol. The molecule has 5 rings (SSSR count). The van der Waals surface area contributed by atoms with Crippen LogP contribution in [-0.2, 0) is 21.2 Å². The second-order valence-electron chi connectivity index (χ2n) is 11.3. The Morgan fingerprint density at radius 3 is 2.30 bits per heavy atom. The zero-order valence-corrected chi connectivity index (χ0v) is 24.4. The molecule has 7 nitrogen and oxygen atoms in total. The van der Waals surface area contributed by atoms with Gasteiger partial charge in [0.2, 0.25) is 15.9 Å². The third kappa shape index (κ3) is 6.93. The topological polar surface area (TPSA) is 105 Å². The zero-order chi connectivity index (χ0) is 30.9. The van der Waals surface area contributed by atoms with Crippen molar-refractivity contribution >= 4 is 21.6 Å². The van der Waals surface area contributed by atoms with Crippen molar-refractivity contribution in [2.24, 2.45) is 5.73 Å². The first-order valence-electron chi connectivity index (χ1n) is 14.2. The normalized spacial score (nSPS) is 20.9. The maximum absolute atomic E-state index is 15.2. The van der Waals surface area contributed by atoms with Gasteiger partial charge in [0, 0.05) is 48.4 Å². The van der Waals surface area contributed by atoms with E-state index in [1.165, 1.54) is 30.3 Å². The quantitative estimate of drug-likeness (QED) is 0.292. The molecule has 3 aromatic carbocycles. The van der Waals surface area contributed by atoms with Crippen LogP contribution in [-0.4, -0.2) is 55.1 Å². The van der Waals surface area contributed by atoms with Gasteiger partial charge in [-0.25, -0.2) is 26.0 Å². The van der Waals surface area contributed by atoms with Crippen LogP contribution < -0.4 is 16.4 Å². The van der Waals surface area contributed by atoms with Crippen molar-refractivity contribution in [2.75, 3.05) is 18.4 Å². The Balaban J connectivity index is 1.38. The van der Waals surface area contributed by atoms with Crippen LogP contribution in [0.1, 0.15) is 48.8 Å². The van der Waals surface area contributed by atoms with Gasteiger partial charge in [-0.1, -0.05) is 18.2 Å². The van der Waals surface area contributed by atoms with Crippen molar-refractivity contribution in [3.63, 3.8) is 0 Å². The number of piperazine rings is 1. The summed E-state index contributed by atoms with van der Waals surface area (Å²) in [6.45, 7) is 2.78. The lowest BCUT2D eigenvalue weighted by molar-refractivity contribution is -0.117. The Labute approximate surface area is 248 Å². The summed E-state index contributed by atoms with van der Waals surface area (Å²) in [7, 11) is -3.48. The van der Waals surface area contributed by atoms with Crippen LogP contribution in [0.25, 0.3) is 0 Å². The van der Waals surface area contributed by atoms with Crippen LogP contribution in [0.2, 0.25) is 0 Å². The number of nitrogens with one attached hydrogen (secondary N) is 2. The molecule has 0 radical (unpaired) electrons. The number of nitrogens with zero attached hydrogens (tertiary/aromatic N) is 1. The Hall–Kier alpha value is -3.32. The van der Waals surface area contributed by atoms with Crippen LogP contribution in [0.15, 0.2) is 60.7 Å². The number of amides is 1. The number of sulfonamides is 1. The van der Waals surface area contributed by atoms with Gasteiger partial charge >= 0.3 is 0 Å². The molecular weight excluding hydrogens is 584 g/mol. The summed E-state index contributed by atoms with van der Waals surface area (Å²) in [5.41, 5.74) is 7.13. The van der Waals surface area contributed by atoms with E-state index in [-0.39, 0.29) is 34.5 Å². The average Bonchev–Trinajstić information content (AvgIpc) is 3.80. The van der Waals surface area contributed by atoms with E-state index in [0.29, 0.717) is 44.0 Å². The Kier molecular flexibility index (Phi) is 9.21. The molecule has 4 atom stereocenters. The fourth-order valence-corrected chi connectivity index (χ4v) is 8.11. The molecule has 1 amide bonds. The van der Waals surface area contributed by atoms with Gasteiger partial charge in [0.25, 0.3) is 0 Å². The number of halogens is 4. The SMILES string of the molecule is C[C@@H]1CNC[C@H](CCc2c(F)cccc2NC(=O)[C@@H](N)[C@@H](c2ccc(F)cc2)c2cc(F)cc(F)c2)N1S(=O)(=O)C1CC1. The molecule has 1 aliphatic heterocycles. The number of anilines is 1. The van der Waals surface area contributed by atoms with Crippen LogP contribution in [0, 0.1) is 23.3 Å². The van der Waals surface area contributed by atoms with Crippen LogP contribution in [0.4, 0.5) is 23.2 Å². The lowest BCUT2D eigenvalue weighted by Gasteiger charge is -2.40. The molecule has 1 saturated carbocycles. The van der Waals surface area contributed by atoms with Gasteiger partial charge in [-0.3, -0.25) is 4.79 Å². The minimum absolute atomic E-state index is 0.0714. The smallest absolute Gasteiger partial charge is 0.242 e. The Morgan fingerprint density at radius 1 is 0.977 bits per heavy atom. The van der Waals surface area contributed by atoms with Gasteiger partial charge in [-0.2, -0.15) is 4.31 Å². The molecule has 3 aromatic rings. The Bertz CT molecular complexity index is 1560. The van der Waals surface area contributed by atoms with E-state index in [9.17, 15) is 26.4 Å². The number of rotatable bonds is 10. The second-order valence-corrected chi connectivity index (χ2v) is 13.4. The molecule has 2 fully saturated rings. The lowest BCUT2D eigenvalue weighted by Crippen LogP contribution is -2.59. The van der Waals surface area contributed by atoms with E-state index >= 15 is 4.39 Å². The van der Waals surface area contributed by atoms with E-state index in [2.05, 4.69) is 10.6 Å². The lowest BCUT2D eigenvalue weighted by atomic mass is 9.84. The summed E-state index contributed by atoms with van der Waals surface area (Å²) in [4.78, 5) is 13.5. The fourth-order valence-electron chi connectivity index (χ4n) is 5.86. The highest BCUT2D eigenvalue weighted by Gasteiger charge is 2.45. The number of benzene rings is 3. The molecule has 0 unspecified atom stereocenters. The summed E-state index contributed by atoms with van der Waals surface area (Å²) >= 11 is 0. The monoisotopic (exact) mass is 618 g/mol. The fraction of sp³-hybridized carbons (Fsp3) is 0.387. The predicted octanol–water partition coefficient (Wildman–Crippen LogP) is 4.43. The second kappa shape index (κ2) is 12.7. The molecule has 1 saturated heterocycles. The highest BCUT2D eigenvalue weighted by molar-refractivity contribution is 7.90. The highest BCUT2D eigenvalue weighted by Crippen LogP contribution is 2.35. The van der Waals surface area contributed by atoms with Crippen LogP contribution >= 0.6 is 0 Å². The van der Waals surface area contributed by atoms with Crippen molar-refractivity contribution in [1.82, 2.24) is 9.62 Å². The third-order valence-corrected chi connectivity index (χ3v) is 10.7. The first-order valence-corrected chi connectivity index (χ1v) is 15.7. The van der Waals surface area contributed by atoms with Crippen molar-refractivity contribution in [1.29, 1.82) is 0 Å². The number of hydrogen-bond acceptors (Lipinski definition) is 5. The van der Waals surface area contributed by atoms with E-state index in [4.69, 9.17) is 5.73 Å². The van der Waals surface area contributed by atoms with Gasteiger partial charge in [0.1, 0.15) is 23.3 Å². The Morgan fingerprint density at radius 2 is 1.65 bits per heavy atom. The van der Waals surface area contributed by atoms with Gasteiger partial charge in [0.05, 0.1) is 11.3 Å². The molecule has 12 heteroatoms. The summed E-state index contributed by atoms with van der Waals surface area (Å²) in [5, 5.41) is 5.54. The number of carbonyl (C=O) groups excluding carboxylic acids is 1. The molecule has 1 aliphatic carbocycles. The van der Waals surface area contributed by atoms with Crippen LogP contribution in [0.3, 0.4) is 0 Å². The van der Waals surface area contributed by atoms with E-state index < -0.39 is 57.2 Å². The first kappa shape index (κ1) is 31.1. The van der Waals surface area contributed by atoms with E-state index in [1.807, 2.05) is 6.92 Å². The van der Waals surface area contributed by atoms with E-state index in [1.54, 1.807) is 4.31 Å². The number of hydrogen-bond donors (Lipinski definition) is 3. The summed E-state index contributed by atoms with van der Waals surface area (Å²) in [6.07, 6.45) is 1.71. The zero-order valence-electron chi connectivity index (χ0n) is 23.6. The van der Waals surface area contributed by atoms with Gasteiger partial charge in [-0.05, 0) is 80.1 Å². The van der Waals surface area contributed by atoms with Gasteiger partial charge in [0.15, 0.2) is 0 Å². The largest absolute Gasteiger partial charge is 0.324 e. The van der Waals surface area contributed by atoms with Crippen molar-refractivity contribution in [2.45, 2.75) is 61.9 Å². The maximum atomic E-state index is 15.2. The standard InChI is InChI=1S/C31H34F4N4O3S/c1-18-16-37-17-24(39(18)43(41,42)25-10-11-25)9-12-26-27(35)3-2-4-28(26)38-31(40)30(36)29(19-5-7-21(32)8-6-19)20-13-22(33)15-23(34)14-20/h2-8,13-15,18,24-25,29-30,37H,9-12,16-17,36H2,1H3,(H,38,40)/t18-,24+,29+,30+/m1/s1. The maximum Gasteiger partial charge on any atom is 0.242 e. The highest BCUT2D eigenvalue weighted by atomic mass is 32.2. The summed E-state index contributed by atoms with van der Waals surface area (Å²) in [5.74, 6) is -4.67. The minimum atomic E-state index is -3.48. The average molecular weight is 619 g/mol. The molecule has 1 heterocycles. The van der Waals surface area contributed by atoms with Gasteiger partial charge in [-0.15, -0.1) is 0 Å². The number of carbonyl (C=O) groups is 1. The van der Waals surface area contributed by atoms with Crippen molar-refractivity contribution in [3.05, 3.63) is 101 Å². The number of nitrogens with two attached hydrogens (primary N) is 1. The third-order valence-electron chi connectivity index (χ3n) is 8.09. The molecule has 0 aromatic heterocycles. The van der Waals surface area contributed by atoms with E-state index in [0.717, 1.165) is 24.3 Å². The molecular formula is C31H34F4N4O3S. The summed E-state index contributed by atoms with van der Waals surface area (Å²) in [6, 6.07) is 10.0. The molecule has 0 spiro atoms. The molecule has 230 valence electrons. The molecule has 4 N–H and O–H groups in total. The van der Waals surface area contributed by atoms with Crippen molar-refractivity contribution in [3.8, 4) is 0 Å². The molecule has 2 aliphatic rings. The summed E-state index contributed by atoms with van der Waals surface area (Å²) < 4.78 is 85.1. The minimum Gasteiger partial charge on any atom is -0.324 e. The molecule has 0 bridgehead atoms. The van der Waals surface area contributed by atoms with Crippen LogP contribution in [0.5, 0.6) is 0 Å². The first-order chi connectivity index (χ1) is 20.5. The molecule has 43 heavy (non-hydrogen) atoms.